The summed E-state index contributed by atoms with van der Waals surface area (Å²) < 4.78 is 41.2. The van der Waals surface area contributed by atoms with E-state index < -0.39 is 30.0 Å². The van der Waals surface area contributed by atoms with Crippen LogP contribution >= 0.6 is 11.6 Å². The summed E-state index contributed by atoms with van der Waals surface area (Å²) >= 11 is 5.84. The van der Waals surface area contributed by atoms with Crippen molar-refractivity contribution in [1.29, 1.82) is 0 Å². The van der Waals surface area contributed by atoms with Crippen molar-refractivity contribution in [2.45, 2.75) is 5.67 Å². The Labute approximate surface area is 165 Å². The molecule has 0 aliphatic carbocycles. The number of aromatic nitrogens is 1. The van der Waals surface area contributed by atoms with Gasteiger partial charge in [-0.25, -0.2) is 13.2 Å². The van der Waals surface area contributed by atoms with Gasteiger partial charge in [-0.1, -0.05) is 17.7 Å². The maximum atomic E-state index is 13.6. The van der Waals surface area contributed by atoms with Crippen LogP contribution in [0.3, 0.4) is 0 Å². The molecule has 0 saturated carbocycles. The van der Waals surface area contributed by atoms with E-state index in [2.05, 4.69) is 0 Å². The highest BCUT2D eigenvalue weighted by atomic mass is 35.5. The lowest BCUT2D eigenvalue weighted by molar-refractivity contribution is -0.147. The average molecular weight is 414 g/mol. The Morgan fingerprint density at radius 1 is 1.29 bits per heavy atom. The molecule has 0 unspecified atom stereocenters. The van der Waals surface area contributed by atoms with Crippen molar-refractivity contribution < 1.29 is 22.8 Å². The fourth-order valence-electron chi connectivity index (χ4n) is 3.15. The molecule has 3 rings (SSSR count). The average Bonchev–Trinajstić information content (AvgIpc) is 3.01. The lowest BCUT2D eigenvalue weighted by Crippen LogP contribution is -2.63. The fourth-order valence-corrected chi connectivity index (χ4v) is 3.33. The summed E-state index contributed by atoms with van der Waals surface area (Å²) in [6, 6.07) is 5.84. The van der Waals surface area contributed by atoms with Crippen LogP contribution in [-0.4, -0.2) is 65.2 Å². The summed E-state index contributed by atoms with van der Waals surface area (Å²) in [7, 11) is 3.12. The Bertz CT molecular complexity index is 925. The van der Waals surface area contributed by atoms with E-state index in [1.165, 1.54) is 35.0 Å². The van der Waals surface area contributed by atoms with Gasteiger partial charge in [-0.2, -0.15) is 0 Å². The highest BCUT2D eigenvalue weighted by Gasteiger charge is 2.46. The van der Waals surface area contributed by atoms with Gasteiger partial charge >= 0.3 is 0 Å². The number of likely N-dealkylation sites (tertiary alicyclic amines) is 1. The van der Waals surface area contributed by atoms with Gasteiger partial charge in [-0.3, -0.25) is 9.59 Å². The zero-order chi connectivity index (χ0) is 20.6. The largest absolute Gasteiger partial charge is 0.346 e. The molecule has 0 bridgehead atoms. The first-order chi connectivity index (χ1) is 13.1. The minimum Gasteiger partial charge on any atom is -0.346 e. The Balaban J connectivity index is 1.76. The van der Waals surface area contributed by atoms with E-state index in [0.717, 1.165) is 0 Å². The van der Waals surface area contributed by atoms with Gasteiger partial charge in [0.05, 0.1) is 24.7 Å². The van der Waals surface area contributed by atoms with Crippen LogP contribution in [0.4, 0.5) is 13.2 Å². The van der Waals surface area contributed by atoms with Crippen LogP contribution < -0.4 is 0 Å². The number of halogens is 4. The number of aryl methyl sites for hydroxylation is 1. The molecule has 150 valence electrons. The first kappa shape index (κ1) is 20.3. The summed E-state index contributed by atoms with van der Waals surface area (Å²) in [5, 5.41) is -0.0661. The van der Waals surface area contributed by atoms with Gasteiger partial charge in [-0.15, -0.1) is 0 Å². The number of nitrogens with zero attached hydrogens (tertiary/aromatic N) is 3. The molecular formula is C19H19ClF3N3O2. The molecule has 1 aliphatic rings. The normalized spacial score (nSPS) is 15.3. The SMILES string of the molecule is CN(CC(=O)N1CC(F)(CF)C1)C(=O)c1c(-c2ccc(F)c(Cl)c2)ccn1C. The van der Waals surface area contributed by atoms with Gasteiger partial charge in [-0.05, 0) is 23.8 Å². The van der Waals surface area contributed by atoms with Crippen LogP contribution in [0.15, 0.2) is 30.5 Å². The minimum atomic E-state index is -1.98. The zero-order valence-corrected chi connectivity index (χ0v) is 16.1. The summed E-state index contributed by atoms with van der Waals surface area (Å²) in [6.07, 6.45) is 1.67. The Morgan fingerprint density at radius 2 is 1.96 bits per heavy atom. The Morgan fingerprint density at radius 3 is 2.57 bits per heavy atom. The number of amides is 2. The van der Waals surface area contributed by atoms with Crippen molar-refractivity contribution in [2.75, 3.05) is 33.4 Å². The molecule has 5 nitrogen and oxygen atoms in total. The van der Waals surface area contributed by atoms with Gasteiger partial charge in [0.15, 0.2) is 5.67 Å². The summed E-state index contributed by atoms with van der Waals surface area (Å²) in [5.41, 5.74) is -0.586. The summed E-state index contributed by atoms with van der Waals surface area (Å²) in [6.45, 7) is -2.03. The van der Waals surface area contributed by atoms with E-state index in [0.29, 0.717) is 16.8 Å². The maximum Gasteiger partial charge on any atom is 0.271 e. The Hall–Kier alpha value is -2.48. The molecular weight excluding hydrogens is 395 g/mol. The molecule has 9 heteroatoms. The second-order valence-corrected chi connectivity index (χ2v) is 7.42. The predicted molar refractivity (Wildman–Crippen MR) is 99.2 cm³/mol. The quantitative estimate of drug-likeness (QED) is 0.756. The molecule has 0 radical (unpaired) electrons. The topological polar surface area (TPSA) is 45.6 Å². The summed E-state index contributed by atoms with van der Waals surface area (Å²) in [4.78, 5) is 27.5. The Kier molecular flexibility index (Phi) is 5.43. The molecule has 1 aromatic heterocycles. The molecule has 1 aromatic carbocycles. The second-order valence-electron chi connectivity index (χ2n) is 7.01. The van der Waals surface area contributed by atoms with Crippen molar-refractivity contribution in [1.82, 2.24) is 14.4 Å². The molecule has 0 N–H and O–H groups in total. The predicted octanol–water partition coefficient (Wildman–Crippen LogP) is 3.08. The van der Waals surface area contributed by atoms with E-state index in [1.54, 1.807) is 23.9 Å². The molecule has 0 spiro atoms. The molecule has 1 aliphatic heterocycles. The van der Waals surface area contributed by atoms with E-state index >= 15 is 0 Å². The van der Waals surface area contributed by atoms with Crippen LogP contribution in [0.5, 0.6) is 0 Å². The standard InChI is InChI=1S/C19H19ClF3N3O2/c1-24-6-5-13(12-3-4-15(22)14(20)7-12)17(24)18(28)25(2)8-16(27)26-10-19(23,9-21)11-26/h3-7H,8-11H2,1-2H3. The number of hydrogen-bond donors (Lipinski definition) is 0. The minimum absolute atomic E-state index is 0.0661. The highest BCUT2D eigenvalue weighted by molar-refractivity contribution is 6.31. The molecule has 28 heavy (non-hydrogen) atoms. The zero-order valence-electron chi connectivity index (χ0n) is 15.4. The molecule has 2 aromatic rings. The molecule has 2 amide bonds. The van der Waals surface area contributed by atoms with Crippen LogP contribution in [0.1, 0.15) is 10.5 Å². The number of likely N-dealkylation sites (N-methyl/N-ethyl adjacent to an activating group) is 1. The van der Waals surface area contributed by atoms with E-state index in [-0.39, 0.29) is 24.7 Å². The maximum absolute atomic E-state index is 13.6. The van der Waals surface area contributed by atoms with Crippen molar-refractivity contribution in [3.8, 4) is 11.1 Å². The van der Waals surface area contributed by atoms with Gasteiger partial charge in [0.1, 0.15) is 18.2 Å². The van der Waals surface area contributed by atoms with Crippen LogP contribution in [0.2, 0.25) is 5.02 Å². The van der Waals surface area contributed by atoms with Crippen LogP contribution in [-0.2, 0) is 11.8 Å². The van der Waals surface area contributed by atoms with Crippen molar-refractivity contribution in [2.24, 2.45) is 7.05 Å². The molecule has 2 heterocycles. The monoisotopic (exact) mass is 413 g/mol. The molecule has 1 saturated heterocycles. The third-order valence-corrected chi connectivity index (χ3v) is 5.06. The third-order valence-electron chi connectivity index (χ3n) is 4.77. The van der Waals surface area contributed by atoms with Gasteiger partial charge in [0, 0.05) is 25.9 Å². The van der Waals surface area contributed by atoms with Crippen LogP contribution in [0, 0.1) is 5.82 Å². The van der Waals surface area contributed by atoms with Gasteiger partial charge < -0.3 is 14.4 Å². The smallest absolute Gasteiger partial charge is 0.271 e. The number of carbonyl (C=O) groups is 2. The lowest BCUT2D eigenvalue weighted by Gasteiger charge is -2.43. The first-order valence-corrected chi connectivity index (χ1v) is 8.92. The number of benzene rings is 1. The van der Waals surface area contributed by atoms with Gasteiger partial charge in [0.25, 0.3) is 5.91 Å². The van der Waals surface area contributed by atoms with E-state index in [4.69, 9.17) is 11.6 Å². The molecule has 1 fully saturated rings. The van der Waals surface area contributed by atoms with E-state index in [9.17, 15) is 22.8 Å². The van der Waals surface area contributed by atoms with E-state index in [1.807, 2.05) is 0 Å². The van der Waals surface area contributed by atoms with Crippen molar-refractivity contribution >= 4 is 23.4 Å². The number of carbonyl (C=O) groups excluding carboxylic acids is 2. The highest BCUT2D eigenvalue weighted by Crippen LogP contribution is 2.29. The van der Waals surface area contributed by atoms with Crippen molar-refractivity contribution in [3.63, 3.8) is 0 Å². The van der Waals surface area contributed by atoms with Gasteiger partial charge in [0.2, 0.25) is 5.91 Å². The van der Waals surface area contributed by atoms with Crippen molar-refractivity contribution in [3.05, 3.63) is 47.0 Å². The fraction of sp³-hybridized carbons (Fsp3) is 0.368. The summed E-state index contributed by atoms with van der Waals surface area (Å²) in [5.74, 6) is -1.46. The number of hydrogen-bond acceptors (Lipinski definition) is 2. The number of rotatable bonds is 5. The third kappa shape index (κ3) is 3.73. The first-order valence-electron chi connectivity index (χ1n) is 8.54. The second kappa shape index (κ2) is 7.50. The lowest BCUT2D eigenvalue weighted by atomic mass is 9.98. The van der Waals surface area contributed by atoms with Crippen LogP contribution in [0.25, 0.3) is 11.1 Å². The molecule has 0 atom stereocenters. The number of alkyl halides is 2.